The number of carbonyl (C=O) groups is 1. The minimum absolute atomic E-state index is 0.172. The van der Waals surface area contributed by atoms with E-state index in [4.69, 9.17) is 0 Å². The maximum atomic E-state index is 12.7. The van der Waals surface area contributed by atoms with E-state index in [1.54, 1.807) is 12.4 Å². The summed E-state index contributed by atoms with van der Waals surface area (Å²) in [7, 11) is 0. The molecule has 3 rings (SSSR count). The number of hydrogen-bond acceptors (Lipinski definition) is 3. The first-order valence-electron chi connectivity index (χ1n) is 7.53. The molecule has 1 aliphatic carbocycles. The Morgan fingerprint density at radius 3 is 2.65 bits per heavy atom. The van der Waals surface area contributed by atoms with Crippen molar-refractivity contribution in [3.63, 3.8) is 0 Å². The quantitative estimate of drug-likeness (QED) is 0.789. The van der Waals surface area contributed by atoms with Gasteiger partial charge < -0.3 is 0 Å². The van der Waals surface area contributed by atoms with Crippen LogP contribution in [0.25, 0.3) is 11.0 Å². The summed E-state index contributed by atoms with van der Waals surface area (Å²) in [5.41, 5.74) is 2.30. The van der Waals surface area contributed by atoms with Gasteiger partial charge in [-0.1, -0.05) is 19.4 Å². The standard InChI is InChI=1S/C17H20N2O/c1-2-12-6-8-13(9-7-12)17(20)14-4-3-5-15-16(14)19-11-10-18-15/h3-5,10-13H,2,6-9H2,1H3. The molecule has 0 atom stereocenters. The third-order valence-electron chi connectivity index (χ3n) is 4.56. The van der Waals surface area contributed by atoms with Crippen molar-refractivity contribution < 1.29 is 4.79 Å². The van der Waals surface area contributed by atoms with Crippen LogP contribution in [0.3, 0.4) is 0 Å². The average molecular weight is 268 g/mol. The molecule has 1 fully saturated rings. The van der Waals surface area contributed by atoms with Gasteiger partial charge in [0.05, 0.1) is 11.0 Å². The zero-order valence-electron chi connectivity index (χ0n) is 11.9. The molecule has 1 heterocycles. The van der Waals surface area contributed by atoms with Crippen LogP contribution < -0.4 is 0 Å². The van der Waals surface area contributed by atoms with E-state index < -0.39 is 0 Å². The van der Waals surface area contributed by atoms with Crippen LogP contribution in [0.15, 0.2) is 30.6 Å². The van der Waals surface area contributed by atoms with E-state index >= 15 is 0 Å². The van der Waals surface area contributed by atoms with Gasteiger partial charge in [-0.25, -0.2) is 0 Å². The van der Waals surface area contributed by atoms with Crippen molar-refractivity contribution in [3.05, 3.63) is 36.2 Å². The monoisotopic (exact) mass is 268 g/mol. The Labute approximate surface area is 119 Å². The van der Waals surface area contributed by atoms with Crippen LogP contribution in [-0.4, -0.2) is 15.8 Å². The first-order chi connectivity index (χ1) is 9.79. The number of aromatic nitrogens is 2. The van der Waals surface area contributed by atoms with Crippen molar-refractivity contribution in [1.82, 2.24) is 9.97 Å². The van der Waals surface area contributed by atoms with Gasteiger partial charge in [0.2, 0.25) is 0 Å². The second-order valence-electron chi connectivity index (χ2n) is 5.72. The number of hydrogen-bond donors (Lipinski definition) is 0. The number of Topliss-reactive ketones (excluding diaryl/α,β-unsaturated/α-hetero) is 1. The fraction of sp³-hybridized carbons (Fsp3) is 0.471. The predicted molar refractivity (Wildman–Crippen MR) is 79.6 cm³/mol. The first kappa shape index (κ1) is 13.2. The molecule has 104 valence electrons. The Morgan fingerprint density at radius 1 is 1.15 bits per heavy atom. The number of nitrogens with zero attached hydrogens (tertiary/aromatic N) is 2. The first-order valence-corrected chi connectivity index (χ1v) is 7.53. The average Bonchev–Trinajstić information content (AvgIpc) is 2.54. The van der Waals surface area contributed by atoms with E-state index in [0.29, 0.717) is 0 Å². The maximum absolute atomic E-state index is 12.7. The number of carbonyl (C=O) groups excluding carboxylic acids is 1. The molecular weight excluding hydrogens is 248 g/mol. The molecule has 3 heteroatoms. The van der Waals surface area contributed by atoms with Gasteiger partial charge in [-0.05, 0) is 43.7 Å². The second-order valence-corrected chi connectivity index (χ2v) is 5.72. The highest BCUT2D eigenvalue weighted by Crippen LogP contribution is 2.33. The lowest BCUT2D eigenvalue weighted by Gasteiger charge is -2.26. The summed E-state index contributed by atoms with van der Waals surface area (Å²) in [6.07, 6.45) is 8.98. The number of benzene rings is 1. The molecule has 20 heavy (non-hydrogen) atoms. The second kappa shape index (κ2) is 5.70. The molecule has 1 aromatic heterocycles. The molecule has 0 spiro atoms. The Bertz CT molecular complexity index is 610. The van der Waals surface area contributed by atoms with Crippen LogP contribution in [0.5, 0.6) is 0 Å². The Kier molecular flexibility index (Phi) is 3.77. The van der Waals surface area contributed by atoms with E-state index in [0.717, 1.165) is 35.4 Å². The van der Waals surface area contributed by atoms with Gasteiger partial charge in [0.15, 0.2) is 5.78 Å². The molecule has 2 aromatic rings. The van der Waals surface area contributed by atoms with Crippen LogP contribution in [-0.2, 0) is 0 Å². The highest BCUT2D eigenvalue weighted by Gasteiger charge is 2.27. The zero-order valence-corrected chi connectivity index (χ0v) is 11.9. The van der Waals surface area contributed by atoms with Crippen molar-refractivity contribution >= 4 is 16.8 Å². The van der Waals surface area contributed by atoms with Crippen LogP contribution in [0, 0.1) is 11.8 Å². The van der Waals surface area contributed by atoms with Crippen LogP contribution in [0.1, 0.15) is 49.4 Å². The summed E-state index contributed by atoms with van der Waals surface area (Å²) < 4.78 is 0. The molecule has 3 nitrogen and oxygen atoms in total. The fourth-order valence-corrected chi connectivity index (χ4v) is 3.24. The minimum atomic E-state index is 0.172. The molecule has 1 aliphatic rings. The molecule has 0 bridgehead atoms. The number of rotatable bonds is 3. The number of ketones is 1. The van der Waals surface area contributed by atoms with Crippen LogP contribution in [0.4, 0.5) is 0 Å². The lowest BCUT2D eigenvalue weighted by atomic mass is 9.77. The summed E-state index contributed by atoms with van der Waals surface area (Å²) in [6.45, 7) is 2.24. The normalized spacial score (nSPS) is 22.9. The third kappa shape index (κ3) is 2.45. The molecule has 1 saturated carbocycles. The van der Waals surface area contributed by atoms with Crippen LogP contribution >= 0.6 is 0 Å². The Balaban J connectivity index is 1.86. The number of fused-ring (bicyclic) bond motifs is 1. The zero-order chi connectivity index (χ0) is 13.9. The van der Waals surface area contributed by atoms with E-state index in [-0.39, 0.29) is 11.7 Å². The van der Waals surface area contributed by atoms with Crippen molar-refractivity contribution in [2.24, 2.45) is 11.8 Å². The number of para-hydroxylation sites is 1. The van der Waals surface area contributed by atoms with Gasteiger partial charge in [0.25, 0.3) is 0 Å². The van der Waals surface area contributed by atoms with Gasteiger partial charge in [-0.3, -0.25) is 14.8 Å². The largest absolute Gasteiger partial charge is 0.294 e. The van der Waals surface area contributed by atoms with Crippen molar-refractivity contribution in [2.45, 2.75) is 39.0 Å². The molecule has 0 radical (unpaired) electrons. The highest BCUT2D eigenvalue weighted by atomic mass is 16.1. The Morgan fingerprint density at radius 2 is 1.90 bits per heavy atom. The molecule has 1 aromatic carbocycles. The van der Waals surface area contributed by atoms with E-state index in [2.05, 4.69) is 16.9 Å². The summed E-state index contributed by atoms with van der Waals surface area (Å²) in [6, 6.07) is 5.71. The van der Waals surface area contributed by atoms with E-state index in [1.165, 1.54) is 19.3 Å². The topological polar surface area (TPSA) is 42.9 Å². The van der Waals surface area contributed by atoms with Gasteiger partial charge in [-0.15, -0.1) is 0 Å². The van der Waals surface area contributed by atoms with Crippen molar-refractivity contribution in [1.29, 1.82) is 0 Å². The van der Waals surface area contributed by atoms with Crippen molar-refractivity contribution in [2.75, 3.05) is 0 Å². The van der Waals surface area contributed by atoms with E-state index in [9.17, 15) is 4.79 Å². The van der Waals surface area contributed by atoms with Gasteiger partial charge >= 0.3 is 0 Å². The summed E-state index contributed by atoms with van der Waals surface area (Å²) in [4.78, 5) is 21.4. The molecule has 0 amide bonds. The van der Waals surface area contributed by atoms with Gasteiger partial charge in [0, 0.05) is 23.9 Å². The molecule has 0 N–H and O–H groups in total. The lowest BCUT2D eigenvalue weighted by Crippen LogP contribution is -2.22. The molecule has 0 saturated heterocycles. The van der Waals surface area contributed by atoms with Gasteiger partial charge in [0.1, 0.15) is 0 Å². The summed E-state index contributed by atoms with van der Waals surface area (Å²) in [5, 5.41) is 0. The minimum Gasteiger partial charge on any atom is -0.294 e. The third-order valence-corrected chi connectivity index (χ3v) is 4.56. The SMILES string of the molecule is CCC1CCC(C(=O)c2cccc3nccnc23)CC1. The molecular formula is C17H20N2O. The van der Waals surface area contributed by atoms with Crippen molar-refractivity contribution in [3.8, 4) is 0 Å². The summed E-state index contributed by atoms with van der Waals surface area (Å²) in [5.74, 6) is 1.24. The lowest BCUT2D eigenvalue weighted by molar-refractivity contribution is 0.0872. The molecule has 0 aliphatic heterocycles. The molecule has 0 unspecified atom stereocenters. The predicted octanol–water partition coefficient (Wildman–Crippen LogP) is 4.03. The summed E-state index contributed by atoms with van der Waals surface area (Å²) >= 11 is 0. The fourth-order valence-electron chi connectivity index (χ4n) is 3.24. The van der Waals surface area contributed by atoms with Gasteiger partial charge in [-0.2, -0.15) is 0 Å². The van der Waals surface area contributed by atoms with Crippen LogP contribution in [0.2, 0.25) is 0 Å². The maximum Gasteiger partial charge on any atom is 0.168 e. The highest BCUT2D eigenvalue weighted by molar-refractivity contribution is 6.07. The smallest absolute Gasteiger partial charge is 0.168 e. The Hall–Kier alpha value is -1.77. The van der Waals surface area contributed by atoms with E-state index in [1.807, 2.05) is 18.2 Å².